The van der Waals surface area contributed by atoms with E-state index in [4.69, 9.17) is 0 Å². The second kappa shape index (κ2) is 4.04. The van der Waals surface area contributed by atoms with Crippen molar-refractivity contribution in [1.29, 1.82) is 0 Å². The predicted octanol–water partition coefficient (Wildman–Crippen LogP) is 3.24. The van der Waals surface area contributed by atoms with Gasteiger partial charge in [0.1, 0.15) is 0 Å². The summed E-state index contributed by atoms with van der Waals surface area (Å²) in [5.41, 5.74) is 2.96. The minimum absolute atomic E-state index is 0.759. The van der Waals surface area contributed by atoms with E-state index in [0.717, 1.165) is 6.04 Å². The number of aryl methyl sites for hydroxylation is 1. The van der Waals surface area contributed by atoms with Gasteiger partial charge in [-0.05, 0) is 30.9 Å². The lowest BCUT2D eigenvalue weighted by Crippen LogP contribution is -2.35. The number of hydrogen-bond acceptors (Lipinski definition) is 1. The van der Waals surface area contributed by atoms with Crippen LogP contribution in [-0.2, 0) is 6.42 Å². The fourth-order valence-corrected chi connectivity index (χ4v) is 2.45. The van der Waals surface area contributed by atoms with Crippen molar-refractivity contribution in [2.45, 2.75) is 38.6 Å². The van der Waals surface area contributed by atoms with Crippen LogP contribution in [0.2, 0.25) is 0 Å². The zero-order valence-electron chi connectivity index (χ0n) is 9.16. The minimum Gasteiger partial charge on any atom is -0.371 e. The van der Waals surface area contributed by atoms with Crippen LogP contribution in [0.4, 0.5) is 5.69 Å². The smallest absolute Gasteiger partial charge is 0.0398 e. The van der Waals surface area contributed by atoms with Crippen LogP contribution in [0.15, 0.2) is 24.3 Å². The van der Waals surface area contributed by atoms with Crippen molar-refractivity contribution in [2.75, 3.05) is 11.9 Å². The minimum atomic E-state index is 0.759. The highest BCUT2D eigenvalue weighted by Gasteiger charge is 2.21. The standard InChI is InChI=1S/C13H19N/c1-3-6-12-10-9-11-7-4-5-8-13(11)14(12)2/h4-5,7-8,12H,3,6,9-10H2,1-2H3/t12-/m1/s1. The van der Waals surface area contributed by atoms with Crippen molar-refractivity contribution < 1.29 is 0 Å². The molecule has 1 atom stereocenters. The molecular weight excluding hydrogens is 170 g/mol. The lowest BCUT2D eigenvalue weighted by atomic mass is 9.94. The second-order valence-electron chi connectivity index (χ2n) is 4.22. The summed E-state index contributed by atoms with van der Waals surface area (Å²) in [6.45, 7) is 2.27. The summed E-state index contributed by atoms with van der Waals surface area (Å²) in [6.07, 6.45) is 5.19. The third kappa shape index (κ3) is 1.63. The van der Waals surface area contributed by atoms with E-state index in [0.29, 0.717) is 0 Å². The third-order valence-electron chi connectivity index (χ3n) is 3.29. The Balaban J connectivity index is 2.22. The largest absolute Gasteiger partial charge is 0.371 e. The summed E-state index contributed by atoms with van der Waals surface area (Å²) in [5.74, 6) is 0. The Kier molecular flexibility index (Phi) is 2.76. The average Bonchev–Trinajstić information content (AvgIpc) is 2.23. The van der Waals surface area contributed by atoms with E-state index in [9.17, 15) is 0 Å². The summed E-state index contributed by atoms with van der Waals surface area (Å²) in [4.78, 5) is 2.46. The normalized spacial score (nSPS) is 20.7. The molecule has 0 N–H and O–H groups in total. The summed E-state index contributed by atoms with van der Waals surface area (Å²) in [6, 6.07) is 9.55. The fourth-order valence-electron chi connectivity index (χ4n) is 2.45. The van der Waals surface area contributed by atoms with E-state index in [-0.39, 0.29) is 0 Å². The van der Waals surface area contributed by atoms with Crippen LogP contribution >= 0.6 is 0 Å². The lowest BCUT2D eigenvalue weighted by molar-refractivity contribution is 0.515. The van der Waals surface area contributed by atoms with Gasteiger partial charge in [0, 0.05) is 18.8 Å². The first-order valence-electron chi connectivity index (χ1n) is 5.63. The monoisotopic (exact) mass is 189 g/mol. The molecule has 0 amide bonds. The van der Waals surface area contributed by atoms with Crippen molar-refractivity contribution in [3.05, 3.63) is 29.8 Å². The molecule has 0 saturated heterocycles. The quantitative estimate of drug-likeness (QED) is 0.690. The Bertz CT molecular complexity index is 306. The van der Waals surface area contributed by atoms with Crippen molar-refractivity contribution in [2.24, 2.45) is 0 Å². The molecule has 1 aliphatic heterocycles. The average molecular weight is 189 g/mol. The Morgan fingerprint density at radius 3 is 2.93 bits per heavy atom. The highest BCUT2D eigenvalue weighted by molar-refractivity contribution is 5.55. The lowest BCUT2D eigenvalue weighted by Gasteiger charge is -2.36. The molecule has 0 spiro atoms. The Labute approximate surface area is 86.7 Å². The van der Waals surface area contributed by atoms with Crippen LogP contribution in [0.25, 0.3) is 0 Å². The maximum atomic E-state index is 2.46. The van der Waals surface area contributed by atoms with E-state index in [1.165, 1.54) is 36.9 Å². The van der Waals surface area contributed by atoms with Gasteiger partial charge in [0.2, 0.25) is 0 Å². The van der Waals surface area contributed by atoms with Crippen molar-refractivity contribution in [3.8, 4) is 0 Å². The van der Waals surface area contributed by atoms with Gasteiger partial charge in [-0.25, -0.2) is 0 Å². The third-order valence-corrected chi connectivity index (χ3v) is 3.29. The molecule has 14 heavy (non-hydrogen) atoms. The van der Waals surface area contributed by atoms with Gasteiger partial charge >= 0.3 is 0 Å². The van der Waals surface area contributed by atoms with Crippen LogP contribution < -0.4 is 4.90 Å². The zero-order valence-corrected chi connectivity index (χ0v) is 9.16. The van der Waals surface area contributed by atoms with E-state index in [1.54, 1.807) is 0 Å². The predicted molar refractivity (Wildman–Crippen MR) is 61.9 cm³/mol. The van der Waals surface area contributed by atoms with Gasteiger partial charge in [-0.3, -0.25) is 0 Å². The SMILES string of the molecule is CCC[C@@H]1CCc2ccccc2N1C. The first kappa shape index (κ1) is 9.57. The van der Waals surface area contributed by atoms with Gasteiger partial charge in [0.05, 0.1) is 0 Å². The second-order valence-corrected chi connectivity index (χ2v) is 4.22. The molecule has 0 fully saturated rings. The topological polar surface area (TPSA) is 3.24 Å². The molecule has 0 aliphatic carbocycles. The van der Waals surface area contributed by atoms with Gasteiger partial charge < -0.3 is 4.90 Å². The molecule has 2 rings (SSSR count). The number of para-hydroxylation sites is 1. The van der Waals surface area contributed by atoms with E-state index < -0.39 is 0 Å². The van der Waals surface area contributed by atoms with Crippen LogP contribution in [0.3, 0.4) is 0 Å². The van der Waals surface area contributed by atoms with Gasteiger partial charge in [0.15, 0.2) is 0 Å². The first-order chi connectivity index (χ1) is 6.83. The summed E-state index contributed by atoms with van der Waals surface area (Å²) >= 11 is 0. The molecule has 1 aromatic carbocycles. The van der Waals surface area contributed by atoms with Crippen LogP contribution in [0.5, 0.6) is 0 Å². The number of benzene rings is 1. The Morgan fingerprint density at radius 1 is 1.36 bits per heavy atom. The molecule has 1 aliphatic rings. The molecule has 0 unspecified atom stereocenters. The molecule has 1 nitrogen and oxygen atoms in total. The highest BCUT2D eigenvalue weighted by Crippen LogP contribution is 2.30. The number of fused-ring (bicyclic) bond motifs is 1. The molecule has 0 aromatic heterocycles. The summed E-state index contributed by atoms with van der Waals surface area (Å²) < 4.78 is 0. The fraction of sp³-hybridized carbons (Fsp3) is 0.538. The first-order valence-corrected chi connectivity index (χ1v) is 5.63. The Hall–Kier alpha value is -0.980. The van der Waals surface area contributed by atoms with Gasteiger partial charge in [-0.1, -0.05) is 31.5 Å². The van der Waals surface area contributed by atoms with Gasteiger partial charge in [-0.2, -0.15) is 0 Å². The molecule has 0 saturated carbocycles. The molecule has 76 valence electrons. The van der Waals surface area contributed by atoms with Gasteiger partial charge in [0.25, 0.3) is 0 Å². The molecule has 0 radical (unpaired) electrons. The van der Waals surface area contributed by atoms with E-state index >= 15 is 0 Å². The highest BCUT2D eigenvalue weighted by atomic mass is 15.1. The Morgan fingerprint density at radius 2 is 2.14 bits per heavy atom. The van der Waals surface area contributed by atoms with E-state index in [2.05, 4.69) is 43.1 Å². The molecule has 0 bridgehead atoms. The van der Waals surface area contributed by atoms with Crippen molar-refractivity contribution >= 4 is 5.69 Å². The van der Waals surface area contributed by atoms with Gasteiger partial charge in [-0.15, -0.1) is 0 Å². The molecule has 1 heterocycles. The molecular formula is C13H19N. The van der Waals surface area contributed by atoms with E-state index in [1.807, 2.05) is 0 Å². The van der Waals surface area contributed by atoms with Crippen LogP contribution in [-0.4, -0.2) is 13.1 Å². The molecule has 1 aromatic rings. The van der Waals surface area contributed by atoms with Crippen molar-refractivity contribution in [3.63, 3.8) is 0 Å². The maximum absolute atomic E-state index is 2.46. The zero-order chi connectivity index (χ0) is 9.97. The maximum Gasteiger partial charge on any atom is 0.0398 e. The summed E-state index contributed by atoms with van der Waals surface area (Å²) in [5, 5.41) is 0. The summed E-state index contributed by atoms with van der Waals surface area (Å²) in [7, 11) is 2.23. The number of nitrogens with zero attached hydrogens (tertiary/aromatic N) is 1. The number of anilines is 1. The van der Waals surface area contributed by atoms with Crippen molar-refractivity contribution in [1.82, 2.24) is 0 Å². The number of rotatable bonds is 2. The van der Waals surface area contributed by atoms with Crippen LogP contribution in [0, 0.1) is 0 Å². The van der Waals surface area contributed by atoms with Crippen LogP contribution in [0.1, 0.15) is 31.7 Å². The molecule has 1 heteroatoms. The number of hydrogen-bond donors (Lipinski definition) is 0.